The van der Waals surface area contributed by atoms with Gasteiger partial charge in [0.15, 0.2) is 11.5 Å². The first-order valence-electron chi connectivity index (χ1n) is 11.8. The molecule has 1 unspecified atom stereocenters. The zero-order valence-corrected chi connectivity index (χ0v) is 22.3. The summed E-state index contributed by atoms with van der Waals surface area (Å²) in [6, 6.07) is 18.5. The first-order valence-corrected chi connectivity index (χ1v) is 12.6. The fourth-order valence-electron chi connectivity index (χ4n) is 3.39. The molecule has 0 aromatic heterocycles. The third-order valence-electron chi connectivity index (χ3n) is 5.32. The maximum absolute atomic E-state index is 12.8. The van der Waals surface area contributed by atoms with E-state index in [0.29, 0.717) is 45.9 Å². The molecule has 9 heteroatoms. The highest BCUT2D eigenvalue weighted by Crippen LogP contribution is 2.29. The van der Waals surface area contributed by atoms with Crippen LogP contribution in [0.2, 0.25) is 10.0 Å². The Morgan fingerprint density at radius 3 is 2.46 bits per heavy atom. The second kappa shape index (κ2) is 13.7. The Labute approximate surface area is 226 Å². The minimum atomic E-state index is -0.789. The molecule has 3 aromatic carbocycles. The zero-order chi connectivity index (χ0) is 26.8. The number of nitrogens with one attached hydrogen (secondary N) is 2. The summed E-state index contributed by atoms with van der Waals surface area (Å²) in [6.07, 6.45) is 1.49. The Morgan fingerprint density at radius 1 is 0.973 bits per heavy atom. The van der Waals surface area contributed by atoms with E-state index in [-0.39, 0.29) is 5.92 Å². The highest BCUT2D eigenvalue weighted by Gasteiger charge is 2.24. The van der Waals surface area contributed by atoms with Crippen LogP contribution in [0.1, 0.15) is 42.3 Å². The van der Waals surface area contributed by atoms with Crippen LogP contribution in [0, 0.1) is 5.92 Å². The van der Waals surface area contributed by atoms with Crippen molar-refractivity contribution >= 4 is 41.2 Å². The molecule has 2 N–H and O–H groups in total. The third-order valence-corrected chi connectivity index (χ3v) is 5.92. The molecule has 0 fully saturated rings. The second-order valence-corrected chi connectivity index (χ2v) is 9.30. The first kappa shape index (κ1) is 28.0. The van der Waals surface area contributed by atoms with Crippen molar-refractivity contribution in [3.05, 3.63) is 93.5 Å². The number of carbonyl (C=O) groups is 2. The first-order chi connectivity index (χ1) is 17.8. The van der Waals surface area contributed by atoms with Crippen LogP contribution in [0.5, 0.6) is 11.5 Å². The van der Waals surface area contributed by atoms with Gasteiger partial charge >= 0.3 is 0 Å². The lowest BCUT2D eigenvalue weighted by Crippen LogP contribution is -2.48. The van der Waals surface area contributed by atoms with Crippen molar-refractivity contribution in [1.29, 1.82) is 0 Å². The SMILES string of the molecule is CCOc1cc(/C=N/NC(=O)C(NC(=O)c2cccc(Cl)c2)C(C)C)ccc1OCc1ccccc1Cl. The van der Waals surface area contributed by atoms with Crippen molar-refractivity contribution in [3.63, 3.8) is 0 Å². The number of amides is 2. The van der Waals surface area contributed by atoms with Crippen molar-refractivity contribution in [2.45, 2.75) is 33.4 Å². The Kier molecular flexibility index (Phi) is 10.4. The summed E-state index contributed by atoms with van der Waals surface area (Å²) in [7, 11) is 0. The summed E-state index contributed by atoms with van der Waals surface area (Å²) in [4.78, 5) is 25.3. The van der Waals surface area contributed by atoms with E-state index in [1.165, 1.54) is 6.21 Å². The number of rotatable bonds is 11. The predicted octanol–water partition coefficient (Wildman–Crippen LogP) is 5.88. The molecule has 0 bridgehead atoms. The van der Waals surface area contributed by atoms with Gasteiger partial charge in [-0.15, -0.1) is 0 Å². The molecule has 0 aliphatic rings. The van der Waals surface area contributed by atoms with E-state index in [9.17, 15) is 9.59 Å². The van der Waals surface area contributed by atoms with E-state index in [4.69, 9.17) is 32.7 Å². The van der Waals surface area contributed by atoms with Gasteiger partial charge in [0, 0.05) is 21.2 Å². The molecule has 0 radical (unpaired) electrons. The zero-order valence-electron chi connectivity index (χ0n) is 20.8. The third kappa shape index (κ3) is 8.23. The fraction of sp³-hybridized carbons (Fsp3) is 0.250. The van der Waals surface area contributed by atoms with Crippen molar-refractivity contribution in [2.75, 3.05) is 6.61 Å². The Morgan fingerprint density at radius 2 is 1.76 bits per heavy atom. The van der Waals surface area contributed by atoms with Crippen molar-refractivity contribution in [2.24, 2.45) is 11.0 Å². The molecule has 2 amide bonds. The number of carbonyl (C=O) groups excluding carboxylic acids is 2. The smallest absolute Gasteiger partial charge is 0.262 e. The molecule has 0 saturated carbocycles. The highest BCUT2D eigenvalue weighted by atomic mass is 35.5. The molecular formula is C28H29Cl2N3O4. The van der Waals surface area contributed by atoms with Gasteiger partial charge in [-0.2, -0.15) is 5.10 Å². The van der Waals surface area contributed by atoms with Crippen molar-refractivity contribution in [1.82, 2.24) is 10.7 Å². The van der Waals surface area contributed by atoms with E-state index >= 15 is 0 Å². The molecule has 3 rings (SSSR count). The van der Waals surface area contributed by atoms with Gasteiger partial charge < -0.3 is 14.8 Å². The van der Waals surface area contributed by atoms with E-state index < -0.39 is 17.9 Å². The van der Waals surface area contributed by atoms with Crippen LogP contribution in [-0.2, 0) is 11.4 Å². The molecule has 0 spiro atoms. The maximum Gasteiger partial charge on any atom is 0.262 e. The minimum absolute atomic E-state index is 0.169. The van der Waals surface area contributed by atoms with Gasteiger partial charge in [-0.1, -0.05) is 61.3 Å². The molecule has 0 saturated heterocycles. The van der Waals surface area contributed by atoms with Gasteiger partial charge in [0.1, 0.15) is 12.6 Å². The van der Waals surface area contributed by atoms with Crippen LogP contribution in [0.25, 0.3) is 0 Å². The van der Waals surface area contributed by atoms with E-state index in [2.05, 4.69) is 15.8 Å². The van der Waals surface area contributed by atoms with Crippen molar-refractivity contribution < 1.29 is 19.1 Å². The molecular weight excluding hydrogens is 513 g/mol. The normalized spacial score (nSPS) is 11.8. The molecule has 0 heterocycles. The molecule has 37 heavy (non-hydrogen) atoms. The maximum atomic E-state index is 12.8. The molecule has 194 valence electrons. The van der Waals surface area contributed by atoms with Crippen LogP contribution in [0.3, 0.4) is 0 Å². The summed E-state index contributed by atoms with van der Waals surface area (Å²) < 4.78 is 11.6. The van der Waals surface area contributed by atoms with Gasteiger partial charge in [-0.3, -0.25) is 9.59 Å². The fourth-order valence-corrected chi connectivity index (χ4v) is 3.77. The van der Waals surface area contributed by atoms with Crippen LogP contribution < -0.4 is 20.2 Å². The van der Waals surface area contributed by atoms with Crippen molar-refractivity contribution in [3.8, 4) is 11.5 Å². The van der Waals surface area contributed by atoms with Gasteiger partial charge in [-0.25, -0.2) is 5.43 Å². The summed E-state index contributed by atoms with van der Waals surface area (Å²) in [5.74, 6) is 0.100. The number of ether oxygens (including phenoxy) is 2. The standard InChI is InChI=1S/C28H29Cl2N3O4/c1-4-36-25-14-19(12-13-24(25)37-17-21-8-5-6-11-23(21)30)16-31-33-28(35)26(18(2)3)32-27(34)20-9-7-10-22(29)15-20/h5-16,18,26H,4,17H2,1-3H3,(H,32,34)(H,33,35)/b31-16+. The summed E-state index contributed by atoms with van der Waals surface area (Å²) in [5.41, 5.74) is 4.43. The summed E-state index contributed by atoms with van der Waals surface area (Å²) in [5, 5.41) is 7.88. The Hall–Kier alpha value is -3.55. The molecule has 0 aliphatic heterocycles. The van der Waals surface area contributed by atoms with Crippen LogP contribution in [0.15, 0.2) is 71.8 Å². The lowest BCUT2D eigenvalue weighted by Gasteiger charge is -2.20. The number of hydrogen-bond donors (Lipinski definition) is 2. The van der Waals surface area contributed by atoms with E-state index in [0.717, 1.165) is 5.56 Å². The predicted molar refractivity (Wildman–Crippen MR) is 147 cm³/mol. The molecule has 3 aromatic rings. The quantitative estimate of drug-likeness (QED) is 0.234. The number of halogens is 2. The number of benzene rings is 3. The van der Waals surface area contributed by atoms with E-state index in [1.54, 1.807) is 42.5 Å². The lowest BCUT2D eigenvalue weighted by atomic mass is 10.0. The average molecular weight is 542 g/mol. The molecule has 0 aliphatic carbocycles. The Bertz CT molecular complexity index is 1260. The van der Waals surface area contributed by atoms with Gasteiger partial charge in [0.05, 0.1) is 12.8 Å². The monoisotopic (exact) mass is 541 g/mol. The largest absolute Gasteiger partial charge is 0.490 e. The Balaban J connectivity index is 1.64. The summed E-state index contributed by atoms with van der Waals surface area (Å²) in [6.45, 7) is 6.29. The lowest BCUT2D eigenvalue weighted by molar-refractivity contribution is -0.123. The highest BCUT2D eigenvalue weighted by molar-refractivity contribution is 6.31. The van der Waals surface area contributed by atoms with Gasteiger partial charge in [0.2, 0.25) is 0 Å². The number of hydrazone groups is 1. The summed E-state index contributed by atoms with van der Waals surface area (Å²) >= 11 is 12.2. The van der Waals surface area contributed by atoms with Crippen LogP contribution in [0.4, 0.5) is 0 Å². The minimum Gasteiger partial charge on any atom is -0.490 e. The number of hydrogen-bond acceptors (Lipinski definition) is 5. The van der Waals surface area contributed by atoms with Gasteiger partial charge in [0.25, 0.3) is 11.8 Å². The second-order valence-electron chi connectivity index (χ2n) is 8.46. The molecule has 1 atom stereocenters. The van der Waals surface area contributed by atoms with E-state index in [1.807, 2.05) is 45.0 Å². The topological polar surface area (TPSA) is 89.0 Å². The van der Waals surface area contributed by atoms with Crippen LogP contribution in [-0.4, -0.2) is 30.7 Å². The number of nitrogens with zero attached hydrogens (tertiary/aromatic N) is 1. The molecule has 7 nitrogen and oxygen atoms in total. The average Bonchev–Trinajstić information content (AvgIpc) is 2.87. The van der Waals surface area contributed by atoms with Crippen LogP contribution >= 0.6 is 23.2 Å². The van der Waals surface area contributed by atoms with Gasteiger partial charge in [-0.05, 0) is 60.9 Å².